The van der Waals surface area contributed by atoms with Crippen molar-refractivity contribution >= 4 is 33.5 Å². The molecule has 0 aliphatic carbocycles. The zero-order valence-corrected chi connectivity index (χ0v) is 14.5. The summed E-state index contributed by atoms with van der Waals surface area (Å²) >= 11 is 1.21. The number of carbonyl (C=O) groups is 2. The van der Waals surface area contributed by atoms with Gasteiger partial charge in [0.05, 0.1) is 16.8 Å². The van der Waals surface area contributed by atoms with Crippen molar-refractivity contribution in [3.8, 4) is 0 Å². The molecule has 0 heterocycles. The van der Waals surface area contributed by atoms with Gasteiger partial charge in [-0.15, -0.1) is 0 Å². The van der Waals surface area contributed by atoms with E-state index in [4.69, 9.17) is 5.73 Å². The fourth-order valence-electron chi connectivity index (χ4n) is 1.94. The summed E-state index contributed by atoms with van der Waals surface area (Å²) in [7, 11) is -3.48. The topological polar surface area (TPSA) is 104 Å². The molecule has 0 radical (unpaired) electrons. The largest absolute Gasteiger partial charge is 0.391 e. The maximum Gasteiger partial charge on any atom is 0.331 e. The van der Waals surface area contributed by atoms with Crippen LogP contribution in [0.15, 0.2) is 0 Å². The Bertz CT molecular complexity index is 430. The zero-order chi connectivity index (χ0) is 16.5. The Morgan fingerprint density at radius 3 is 2.14 bits per heavy atom. The molecule has 0 aromatic carbocycles. The zero-order valence-electron chi connectivity index (χ0n) is 12.8. The molecule has 0 aromatic heterocycles. The lowest BCUT2D eigenvalue weighted by Gasteiger charge is -2.18. The molecule has 0 rings (SSSR count). The third-order valence-corrected chi connectivity index (χ3v) is 5.76. The summed E-state index contributed by atoms with van der Waals surface area (Å²) in [5.74, 6) is -2.15. The number of hydrogen-bond acceptors (Lipinski definition) is 7. The van der Waals surface area contributed by atoms with E-state index in [1.807, 2.05) is 13.8 Å². The fourth-order valence-corrected chi connectivity index (χ4v) is 4.33. The van der Waals surface area contributed by atoms with Crippen molar-refractivity contribution < 1.29 is 22.7 Å². The van der Waals surface area contributed by atoms with E-state index >= 15 is 0 Å². The molecular weight excluding hydrogens is 314 g/mol. The lowest BCUT2D eigenvalue weighted by Crippen LogP contribution is -2.42. The smallest absolute Gasteiger partial charge is 0.331 e. The second kappa shape index (κ2) is 10.2. The molecule has 0 aliphatic heterocycles. The van der Waals surface area contributed by atoms with Crippen molar-refractivity contribution in [3.63, 3.8) is 0 Å². The summed E-state index contributed by atoms with van der Waals surface area (Å²) in [6.45, 7) is 3.82. The lowest BCUT2D eigenvalue weighted by atomic mass is 10.2. The van der Waals surface area contributed by atoms with Crippen molar-refractivity contribution in [1.29, 1.82) is 0 Å². The minimum absolute atomic E-state index is 0.0273. The molecule has 0 aliphatic rings. The Morgan fingerprint density at radius 1 is 1.19 bits per heavy atom. The summed E-state index contributed by atoms with van der Waals surface area (Å²) in [5.41, 5.74) is 5.57. The highest BCUT2D eigenvalue weighted by molar-refractivity contribution is 7.99. The normalized spacial score (nSPS) is 13.2. The Morgan fingerprint density at radius 2 is 1.71 bits per heavy atom. The molecule has 21 heavy (non-hydrogen) atoms. The molecule has 8 heteroatoms. The lowest BCUT2D eigenvalue weighted by molar-refractivity contribution is -0.158. The van der Waals surface area contributed by atoms with Crippen LogP contribution in [0.25, 0.3) is 0 Å². The molecule has 0 bridgehead atoms. The monoisotopic (exact) mass is 339 g/mol. The van der Waals surface area contributed by atoms with Gasteiger partial charge in [0, 0.05) is 0 Å². The minimum Gasteiger partial charge on any atom is -0.391 e. The van der Waals surface area contributed by atoms with E-state index in [9.17, 15) is 18.0 Å². The molecule has 0 unspecified atom stereocenters. The van der Waals surface area contributed by atoms with Crippen LogP contribution in [-0.2, 0) is 24.2 Å². The van der Waals surface area contributed by atoms with Gasteiger partial charge in [-0.1, -0.05) is 26.7 Å². The van der Waals surface area contributed by atoms with Gasteiger partial charge < -0.3 is 10.5 Å². The number of ether oxygens (including phenoxy) is 1. The fraction of sp³-hybridized carbons (Fsp3) is 0.846. The summed E-state index contributed by atoms with van der Waals surface area (Å²) in [6, 6.07) is -1.32. The third kappa shape index (κ3) is 7.82. The molecule has 0 fully saturated rings. The van der Waals surface area contributed by atoms with Crippen molar-refractivity contribution in [1.82, 2.24) is 0 Å². The maximum atomic E-state index is 12.3. The Kier molecular flexibility index (Phi) is 9.89. The quantitative estimate of drug-likeness (QED) is 0.470. The van der Waals surface area contributed by atoms with Gasteiger partial charge in [0.25, 0.3) is 0 Å². The van der Waals surface area contributed by atoms with Gasteiger partial charge in [-0.05, 0) is 19.1 Å². The second-order valence-corrected chi connectivity index (χ2v) is 8.05. The van der Waals surface area contributed by atoms with Crippen molar-refractivity contribution in [3.05, 3.63) is 0 Å². The van der Waals surface area contributed by atoms with Crippen LogP contribution >= 0.6 is 11.8 Å². The van der Waals surface area contributed by atoms with E-state index in [2.05, 4.69) is 4.74 Å². The van der Waals surface area contributed by atoms with Gasteiger partial charge in [-0.3, -0.25) is 4.79 Å². The van der Waals surface area contributed by atoms with Gasteiger partial charge in [0.2, 0.25) is 0 Å². The van der Waals surface area contributed by atoms with Gasteiger partial charge in [-0.25, -0.2) is 13.2 Å². The first-order valence-corrected chi connectivity index (χ1v) is 10.1. The van der Waals surface area contributed by atoms with E-state index in [0.29, 0.717) is 12.8 Å². The van der Waals surface area contributed by atoms with Crippen LogP contribution in [0.2, 0.25) is 0 Å². The van der Waals surface area contributed by atoms with Crippen molar-refractivity contribution in [2.24, 2.45) is 5.73 Å². The van der Waals surface area contributed by atoms with Crippen LogP contribution in [0.4, 0.5) is 0 Å². The third-order valence-electron chi connectivity index (χ3n) is 2.92. The number of esters is 2. The van der Waals surface area contributed by atoms with Gasteiger partial charge in [-0.2, -0.15) is 11.8 Å². The number of thioether (sulfide) groups is 1. The molecule has 0 amide bonds. The standard InChI is InChI=1S/C13H25NO5S2/c1-4-6-10(7-5-2)21(17,18)9-11(14)13(16)19-12(15)8-20-3/h10-11H,4-9,14H2,1-3H3/t11-/m0/s1. The molecule has 0 aromatic rings. The van der Waals surface area contributed by atoms with Crippen LogP contribution in [-0.4, -0.2) is 49.4 Å². The minimum atomic E-state index is -3.48. The summed E-state index contributed by atoms with van der Waals surface area (Å²) in [5, 5.41) is -0.492. The molecule has 6 nitrogen and oxygen atoms in total. The molecule has 0 saturated heterocycles. The first kappa shape index (κ1) is 20.4. The average molecular weight is 339 g/mol. The highest BCUT2D eigenvalue weighted by Crippen LogP contribution is 2.16. The Labute approximate surface area is 131 Å². The van der Waals surface area contributed by atoms with Crippen molar-refractivity contribution in [2.45, 2.75) is 50.8 Å². The summed E-state index contributed by atoms with van der Waals surface area (Å²) in [6.07, 6.45) is 4.27. The van der Waals surface area contributed by atoms with E-state index in [0.717, 1.165) is 12.8 Å². The average Bonchev–Trinajstić information content (AvgIpc) is 2.38. The Balaban J connectivity index is 4.68. The first-order chi connectivity index (χ1) is 9.78. The molecule has 1 atom stereocenters. The van der Waals surface area contributed by atoms with Crippen LogP contribution in [0.5, 0.6) is 0 Å². The van der Waals surface area contributed by atoms with E-state index < -0.39 is 38.8 Å². The highest BCUT2D eigenvalue weighted by Gasteiger charge is 2.30. The van der Waals surface area contributed by atoms with E-state index in [1.165, 1.54) is 11.8 Å². The Hall–Kier alpha value is -0.600. The number of nitrogens with two attached hydrogens (primary N) is 1. The first-order valence-electron chi connectivity index (χ1n) is 6.99. The predicted octanol–water partition coefficient (Wildman–Crippen LogP) is 1.13. The number of hydrogen-bond donors (Lipinski definition) is 1. The molecule has 0 saturated carbocycles. The van der Waals surface area contributed by atoms with E-state index in [-0.39, 0.29) is 5.75 Å². The number of carbonyl (C=O) groups excluding carboxylic acids is 2. The van der Waals surface area contributed by atoms with Gasteiger partial charge in [0.1, 0.15) is 6.04 Å². The molecule has 124 valence electrons. The number of sulfone groups is 1. The number of rotatable bonds is 10. The molecular formula is C13H25NO5S2. The molecule has 2 N–H and O–H groups in total. The van der Waals surface area contributed by atoms with E-state index in [1.54, 1.807) is 6.26 Å². The van der Waals surface area contributed by atoms with Crippen molar-refractivity contribution in [2.75, 3.05) is 17.8 Å². The van der Waals surface area contributed by atoms with Crippen LogP contribution in [0, 0.1) is 0 Å². The van der Waals surface area contributed by atoms with Gasteiger partial charge in [0.15, 0.2) is 9.84 Å². The van der Waals surface area contributed by atoms with Crippen LogP contribution in [0.1, 0.15) is 39.5 Å². The summed E-state index contributed by atoms with van der Waals surface area (Å²) < 4.78 is 29.0. The highest BCUT2D eigenvalue weighted by atomic mass is 32.2. The maximum absolute atomic E-state index is 12.3. The van der Waals surface area contributed by atoms with Crippen LogP contribution in [0.3, 0.4) is 0 Å². The predicted molar refractivity (Wildman–Crippen MR) is 84.8 cm³/mol. The summed E-state index contributed by atoms with van der Waals surface area (Å²) in [4.78, 5) is 22.8. The SMILES string of the molecule is CCCC(CCC)S(=O)(=O)C[C@H](N)C(=O)OC(=O)CSC. The second-order valence-electron chi connectivity index (χ2n) is 4.86. The van der Waals surface area contributed by atoms with Crippen LogP contribution < -0.4 is 5.73 Å². The molecule has 0 spiro atoms. The van der Waals surface area contributed by atoms with Gasteiger partial charge >= 0.3 is 11.9 Å².